The molecule has 0 radical (unpaired) electrons. The van der Waals surface area contributed by atoms with Crippen molar-refractivity contribution < 1.29 is 9.90 Å². The maximum Gasteiger partial charge on any atom is 0.343 e. The predicted octanol–water partition coefficient (Wildman–Crippen LogP) is 0.271. The third kappa shape index (κ3) is 1.66. The number of aliphatic carboxylic acids is 1. The smallest absolute Gasteiger partial charge is 0.343 e. The molecule has 1 rings (SSSR count). The van der Waals surface area contributed by atoms with Gasteiger partial charge in [-0.2, -0.15) is 0 Å². The number of thioether (sulfide) groups is 1. The fourth-order valence-corrected chi connectivity index (χ4v) is 1.58. The summed E-state index contributed by atoms with van der Waals surface area (Å²) in [5.74, 6) is -0.928. The zero-order valence-corrected chi connectivity index (χ0v) is 6.94. The van der Waals surface area contributed by atoms with Crippen LogP contribution in [0, 0.1) is 0 Å². The Morgan fingerprint density at radius 3 is 2.91 bits per heavy atom. The molecule has 1 aliphatic heterocycles. The second kappa shape index (κ2) is 2.75. The second-order valence-electron chi connectivity index (χ2n) is 2.30. The highest BCUT2D eigenvalue weighted by molar-refractivity contribution is 8.05. The van der Waals surface area contributed by atoms with Gasteiger partial charge in [0.05, 0.1) is 0 Å². The summed E-state index contributed by atoms with van der Waals surface area (Å²) >= 11 is 1.15. The first-order valence-corrected chi connectivity index (χ1v) is 4.08. The summed E-state index contributed by atoms with van der Waals surface area (Å²) in [7, 11) is 0. The van der Waals surface area contributed by atoms with Gasteiger partial charge < -0.3 is 10.4 Å². The first-order chi connectivity index (χ1) is 5.07. The molecule has 1 aliphatic rings. The molecular formula is C6H10N2O2S. The molecule has 4 nitrogen and oxygen atoms in total. The molecule has 11 heavy (non-hydrogen) atoms. The molecule has 62 valence electrons. The van der Waals surface area contributed by atoms with Gasteiger partial charge in [0.25, 0.3) is 0 Å². The average molecular weight is 174 g/mol. The predicted molar refractivity (Wildman–Crippen MR) is 43.7 cm³/mol. The number of nitrogens with two attached hydrogens (primary N) is 1. The Labute approximate surface area is 68.8 Å². The quantitative estimate of drug-likeness (QED) is 0.560. The van der Waals surface area contributed by atoms with Gasteiger partial charge in [0.1, 0.15) is 9.90 Å². The molecule has 1 unspecified atom stereocenters. The van der Waals surface area contributed by atoms with Crippen LogP contribution in [0.3, 0.4) is 0 Å². The molecule has 0 aromatic heterocycles. The summed E-state index contributed by atoms with van der Waals surface area (Å²) in [5.41, 5.74) is 5.72. The highest BCUT2D eigenvalue weighted by Gasteiger charge is 2.31. The van der Waals surface area contributed by atoms with Crippen LogP contribution in [0.25, 0.3) is 0 Å². The van der Waals surface area contributed by atoms with Gasteiger partial charge in [0, 0.05) is 6.20 Å². The Kier molecular flexibility index (Phi) is 2.10. The lowest BCUT2D eigenvalue weighted by molar-refractivity contribution is -0.131. The standard InChI is InChI=1S/C6H10N2O2S/c1-2-6(7)8-3-4(11-6)5(9)10/h3,8H,2,7H2,1H3,(H,9,10). The summed E-state index contributed by atoms with van der Waals surface area (Å²) in [4.78, 5) is 10.1. The summed E-state index contributed by atoms with van der Waals surface area (Å²) in [6, 6.07) is 0. The van der Waals surface area contributed by atoms with Crippen molar-refractivity contribution in [2.75, 3.05) is 0 Å². The van der Waals surface area contributed by atoms with Gasteiger partial charge in [0.2, 0.25) is 0 Å². The fourth-order valence-electron chi connectivity index (χ4n) is 0.722. The maximum atomic E-state index is 10.4. The van der Waals surface area contributed by atoms with Crippen LogP contribution in [0.1, 0.15) is 13.3 Å². The molecule has 0 bridgehead atoms. The largest absolute Gasteiger partial charge is 0.477 e. The minimum absolute atomic E-state index is 0.273. The molecule has 0 amide bonds. The lowest BCUT2D eigenvalue weighted by atomic mass is 10.4. The van der Waals surface area contributed by atoms with E-state index in [1.54, 1.807) is 0 Å². The second-order valence-corrected chi connectivity index (χ2v) is 3.68. The minimum Gasteiger partial charge on any atom is -0.477 e. The van der Waals surface area contributed by atoms with Crippen molar-refractivity contribution in [1.29, 1.82) is 0 Å². The lowest BCUT2D eigenvalue weighted by Gasteiger charge is -2.21. The molecule has 5 heteroatoms. The van der Waals surface area contributed by atoms with Crippen molar-refractivity contribution in [2.24, 2.45) is 5.73 Å². The van der Waals surface area contributed by atoms with Gasteiger partial charge in [-0.25, -0.2) is 4.79 Å². The third-order valence-electron chi connectivity index (χ3n) is 1.48. The summed E-state index contributed by atoms with van der Waals surface area (Å²) in [6.45, 7) is 1.90. The van der Waals surface area contributed by atoms with Crippen molar-refractivity contribution in [3.8, 4) is 0 Å². The topological polar surface area (TPSA) is 75.3 Å². The van der Waals surface area contributed by atoms with E-state index < -0.39 is 11.0 Å². The van der Waals surface area contributed by atoms with Crippen molar-refractivity contribution >= 4 is 17.7 Å². The molecule has 0 aliphatic carbocycles. The molecule has 0 fully saturated rings. The molecule has 4 N–H and O–H groups in total. The van der Waals surface area contributed by atoms with Crippen LogP contribution in [-0.4, -0.2) is 16.1 Å². The molecule has 1 atom stereocenters. The van der Waals surface area contributed by atoms with Crippen LogP contribution >= 0.6 is 11.8 Å². The number of carbonyl (C=O) groups is 1. The average Bonchev–Trinajstić information content (AvgIpc) is 2.33. The first kappa shape index (κ1) is 8.42. The van der Waals surface area contributed by atoms with E-state index in [-0.39, 0.29) is 4.91 Å². The number of carboxylic acid groups (broad SMARTS) is 1. The summed E-state index contributed by atoms with van der Waals surface area (Å²) in [6.07, 6.45) is 2.13. The Morgan fingerprint density at radius 2 is 2.64 bits per heavy atom. The van der Waals surface area contributed by atoms with Gasteiger partial charge in [-0.05, 0) is 6.42 Å². The Morgan fingerprint density at radius 1 is 2.00 bits per heavy atom. The minimum atomic E-state index is -0.928. The number of nitrogens with one attached hydrogen (secondary N) is 1. The van der Waals surface area contributed by atoms with E-state index in [4.69, 9.17) is 10.8 Å². The van der Waals surface area contributed by atoms with Crippen LogP contribution in [0.15, 0.2) is 11.1 Å². The highest BCUT2D eigenvalue weighted by Crippen LogP contribution is 2.33. The Balaban J connectivity index is 2.62. The highest BCUT2D eigenvalue weighted by atomic mass is 32.2. The van der Waals surface area contributed by atoms with Crippen molar-refractivity contribution in [3.05, 3.63) is 11.1 Å². The molecule has 0 saturated carbocycles. The van der Waals surface area contributed by atoms with Gasteiger partial charge in [-0.1, -0.05) is 18.7 Å². The number of rotatable bonds is 2. The number of carboxylic acids is 1. The van der Waals surface area contributed by atoms with Gasteiger partial charge >= 0.3 is 5.97 Å². The van der Waals surface area contributed by atoms with Gasteiger partial charge in [-0.15, -0.1) is 0 Å². The van der Waals surface area contributed by atoms with E-state index in [2.05, 4.69) is 5.32 Å². The van der Waals surface area contributed by atoms with E-state index in [1.165, 1.54) is 6.20 Å². The monoisotopic (exact) mass is 174 g/mol. The van der Waals surface area contributed by atoms with Crippen LogP contribution in [-0.2, 0) is 4.79 Å². The van der Waals surface area contributed by atoms with Crippen LogP contribution in [0.2, 0.25) is 0 Å². The molecule has 0 spiro atoms. The zero-order chi connectivity index (χ0) is 8.48. The Hall–Kier alpha value is -0.680. The van der Waals surface area contributed by atoms with Crippen LogP contribution < -0.4 is 11.1 Å². The summed E-state index contributed by atoms with van der Waals surface area (Å²) in [5, 5.41) is 11.4. The molecule has 0 saturated heterocycles. The fraction of sp³-hybridized carbons (Fsp3) is 0.500. The van der Waals surface area contributed by atoms with Crippen LogP contribution in [0.4, 0.5) is 0 Å². The first-order valence-electron chi connectivity index (χ1n) is 3.26. The molecular weight excluding hydrogens is 164 g/mol. The van der Waals surface area contributed by atoms with Gasteiger partial charge in [0.15, 0.2) is 0 Å². The Bertz CT molecular complexity index is 217. The number of hydrogen-bond donors (Lipinski definition) is 3. The lowest BCUT2D eigenvalue weighted by Crippen LogP contribution is -2.44. The van der Waals surface area contributed by atoms with E-state index in [0.717, 1.165) is 11.8 Å². The summed E-state index contributed by atoms with van der Waals surface area (Å²) < 4.78 is 0. The van der Waals surface area contributed by atoms with E-state index in [9.17, 15) is 4.79 Å². The van der Waals surface area contributed by atoms with E-state index >= 15 is 0 Å². The maximum absolute atomic E-state index is 10.4. The van der Waals surface area contributed by atoms with Crippen LogP contribution in [0.5, 0.6) is 0 Å². The third-order valence-corrected chi connectivity index (χ3v) is 2.76. The normalized spacial score (nSPS) is 29.5. The van der Waals surface area contributed by atoms with Crippen molar-refractivity contribution in [3.63, 3.8) is 0 Å². The molecule has 1 heterocycles. The van der Waals surface area contributed by atoms with E-state index in [0.29, 0.717) is 6.42 Å². The number of hydrogen-bond acceptors (Lipinski definition) is 4. The van der Waals surface area contributed by atoms with Crippen molar-refractivity contribution in [2.45, 2.75) is 18.3 Å². The van der Waals surface area contributed by atoms with Gasteiger partial charge in [-0.3, -0.25) is 5.73 Å². The molecule has 0 aromatic rings. The zero-order valence-electron chi connectivity index (χ0n) is 6.13. The van der Waals surface area contributed by atoms with Crippen molar-refractivity contribution in [1.82, 2.24) is 5.32 Å². The van der Waals surface area contributed by atoms with E-state index in [1.807, 2.05) is 6.92 Å². The molecule has 0 aromatic carbocycles. The SMILES string of the molecule is CCC1(N)NC=C(C(=O)O)S1.